The fourth-order valence-corrected chi connectivity index (χ4v) is 3.27. The summed E-state index contributed by atoms with van der Waals surface area (Å²) in [5.74, 6) is 0.881. The highest BCUT2D eigenvalue weighted by Crippen LogP contribution is 2.28. The number of imidazole rings is 1. The maximum atomic E-state index is 4.47. The lowest BCUT2D eigenvalue weighted by Gasteiger charge is -2.17. The number of hydrogen-bond acceptors (Lipinski definition) is 4. The molecule has 0 aliphatic carbocycles. The van der Waals surface area contributed by atoms with Crippen LogP contribution in [0.1, 0.15) is 5.56 Å². The topological polar surface area (TPSA) is 34.0 Å². The summed E-state index contributed by atoms with van der Waals surface area (Å²) >= 11 is 1.73. The lowest BCUT2D eigenvalue weighted by molar-refractivity contribution is 0.888. The van der Waals surface area contributed by atoms with Gasteiger partial charge in [0.25, 0.3) is 0 Å². The van der Waals surface area contributed by atoms with E-state index in [0.29, 0.717) is 0 Å². The summed E-state index contributed by atoms with van der Waals surface area (Å²) in [7, 11) is 4.14. The zero-order valence-electron chi connectivity index (χ0n) is 12.7. The molecule has 0 unspecified atom stereocenters. The molecule has 0 aliphatic rings. The van der Waals surface area contributed by atoms with Crippen LogP contribution in [0.2, 0.25) is 0 Å². The van der Waals surface area contributed by atoms with Crippen molar-refractivity contribution in [1.82, 2.24) is 14.5 Å². The number of rotatable bonds is 5. The van der Waals surface area contributed by atoms with E-state index in [0.717, 1.165) is 16.6 Å². The summed E-state index contributed by atoms with van der Waals surface area (Å²) < 4.78 is 2.07. The monoisotopic (exact) mass is 310 g/mol. The molecule has 0 amide bonds. The molecule has 0 radical (unpaired) electrons. The highest BCUT2D eigenvalue weighted by Gasteiger charge is 2.09. The van der Waals surface area contributed by atoms with Gasteiger partial charge in [0, 0.05) is 44.1 Å². The Bertz CT molecular complexity index is 737. The molecule has 0 atom stereocenters. The van der Waals surface area contributed by atoms with Crippen molar-refractivity contribution in [3.05, 3.63) is 66.7 Å². The maximum Gasteiger partial charge on any atom is 0.172 e. The largest absolute Gasteiger partial charge is 0.377 e. The average molecular weight is 310 g/mol. The van der Waals surface area contributed by atoms with Gasteiger partial charge in [0.2, 0.25) is 0 Å². The van der Waals surface area contributed by atoms with E-state index in [2.05, 4.69) is 57.8 Å². The SMILES string of the molecule is CN(C)c1ccccc1CSc1nccn1-c1cccnc1. The van der Waals surface area contributed by atoms with E-state index < -0.39 is 0 Å². The third-order valence-corrected chi connectivity index (χ3v) is 4.38. The Morgan fingerprint density at radius 1 is 1.09 bits per heavy atom. The Morgan fingerprint density at radius 2 is 1.95 bits per heavy atom. The van der Waals surface area contributed by atoms with E-state index in [9.17, 15) is 0 Å². The van der Waals surface area contributed by atoms with Gasteiger partial charge in [-0.05, 0) is 23.8 Å². The van der Waals surface area contributed by atoms with Gasteiger partial charge >= 0.3 is 0 Å². The first-order valence-electron chi connectivity index (χ1n) is 7.07. The molecule has 2 heterocycles. The predicted octanol–water partition coefficient (Wildman–Crippen LogP) is 3.63. The van der Waals surface area contributed by atoms with E-state index in [1.165, 1.54) is 11.3 Å². The first kappa shape index (κ1) is 14.7. The minimum atomic E-state index is 0.881. The Morgan fingerprint density at radius 3 is 2.73 bits per heavy atom. The molecular formula is C17H18N4S. The predicted molar refractivity (Wildman–Crippen MR) is 91.7 cm³/mol. The number of anilines is 1. The van der Waals surface area contributed by atoms with Crippen LogP contribution in [0.25, 0.3) is 5.69 Å². The number of pyridine rings is 1. The lowest BCUT2D eigenvalue weighted by Crippen LogP contribution is -2.10. The second kappa shape index (κ2) is 6.66. The van der Waals surface area contributed by atoms with Gasteiger partial charge in [0.15, 0.2) is 5.16 Å². The summed E-state index contributed by atoms with van der Waals surface area (Å²) in [6.45, 7) is 0. The molecule has 3 aromatic rings. The minimum absolute atomic E-state index is 0.881. The highest BCUT2D eigenvalue weighted by atomic mass is 32.2. The second-order valence-corrected chi connectivity index (χ2v) is 6.05. The molecule has 5 heteroatoms. The van der Waals surface area contributed by atoms with Gasteiger partial charge in [0.1, 0.15) is 0 Å². The highest BCUT2D eigenvalue weighted by molar-refractivity contribution is 7.98. The van der Waals surface area contributed by atoms with Crippen LogP contribution >= 0.6 is 11.8 Å². The van der Waals surface area contributed by atoms with Crippen molar-refractivity contribution in [3.63, 3.8) is 0 Å². The molecule has 0 saturated carbocycles. The minimum Gasteiger partial charge on any atom is -0.377 e. The molecule has 1 aromatic carbocycles. The number of thioether (sulfide) groups is 1. The molecule has 0 fully saturated rings. The summed E-state index contributed by atoms with van der Waals surface area (Å²) in [4.78, 5) is 10.8. The van der Waals surface area contributed by atoms with Crippen molar-refractivity contribution in [2.45, 2.75) is 10.9 Å². The van der Waals surface area contributed by atoms with Crippen LogP contribution in [0.3, 0.4) is 0 Å². The number of hydrogen-bond donors (Lipinski definition) is 0. The van der Waals surface area contributed by atoms with Crippen molar-refractivity contribution in [3.8, 4) is 5.69 Å². The smallest absolute Gasteiger partial charge is 0.172 e. The van der Waals surface area contributed by atoms with Crippen LogP contribution in [0, 0.1) is 0 Å². The summed E-state index contributed by atoms with van der Waals surface area (Å²) in [6.07, 6.45) is 7.42. The third kappa shape index (κ3) is 3.14. The van der Waals surface area contributed by atoms with Crippen LogP contribution in [0.5, 0.6) is 0 Å². The van der Waals surface area contributed by atoms with Crippen molar-refractivity contribution in [1.29, 1.82) is 0 Å². The Labute approximate surface area is 134 Å². The number of nitrogens with zero attached hydrogens (tertiary/aromatic N) is 4. The normalized spacial score (nSPS) is 10.6. The van der Waals surface area contributed by atoms with Gasteiger partial charge in [-0.1, -0.05) is 30.0 Å². The average Bonchev–Trinajstić information content (AvgIpc) is 3.02. The van der Waals surface area contributed by atoms with Crippen molar-refractivity contribution in [2.24, 2.45) is 0 Å². The quantitative estimate of drug-likeness (QED) is 0.674. The van der Waals surface area contributed by atoms with Crippen LogP contribution in [0.15, 0.2) is 66.3 Å². The lowest BCUT2D eigenvalue weighted by atomic mass is 10.2. The first-order valence-corrected chi connectivity index (χ1v) is 8.06. The van der Waals surface area contributed by atoms with E-state index in [1.807, 2.05) is 30.7 Å². The molecule has 22 heavy (non-hydrogen) atoms. The summed E-state index contributed by atoms with van der Waals surface area (Å²) in [5, 5.41) is 0.974. The Hall–Kier alpha value is -2.27. The van der Waals surface area contributed by atoms with Crippen molar-refractivity contribution in [2.75, 3.05) is 19.0 Å². The Kier molecular flexibility index (Phi) is 4.44. The van der Waals surface area contributed by atoms with Crippen molar-refractivity contribution >= 4 is 17.4 Å². The zero-order chi connectivity index (χ0) is 15.4. The molecule has 4 nitrogen and oxygen atoms in total. The van der Waals surface area contributed by atoms with Gasteiger partial charge in [-0.15, -0.1) is 0 Å². The number of aromatic nitrogens is 3. The molecular weight excluding hydrogens is 292 g/mol. The molecule has 3 rings (SSSR count). The molecule has 2 aromatic heterocycles. The zero-order valence-corrected chi connectivity index (χ0v) is 13.5. The van der Waals surface area contributed by atoms with Crippen molar-refractivity contribution < 1.29 is 0 Å². The fraction of sp³-hybridized carbons (Fsp3) is 0.176. The van der Waals surface area contributed by atoms with Crippen LogP contribution in [-0.4, -0.2) is 28.6 Å². The van der Waals surface area contributed by atoms with E-state index in [1.54, 1.807) is 18.0 Å². The van der Waals surface area contributed by atoms with E-state index >= 15 is 0 Å². The fourth-order valence-electron chi connectivity index (χ4n) is 2.30. The Balaban J connectivity index is 1.80. The number of para-hydroxylation sites is 1. The molecule has 0 aliphatic heterocycles. The second-order valence-electron chi connectivity index (χ2n) is 5.10. The van der Waals surface area contributed by atoms with Crippen LogP contribution in [-0.2, 0) is 5.75 Å². The molecule has 0 bridgehead atoms. The molecule has 0 N–H and O–H groups in total. The van der Waals surface area contributed by atoms with Gasteiger partial charge < -0.3 is 4.90 Å². The molecule has 0 spiro atoms. The molecule has 112 valence electrons. The standard InChI is InChI=1S/C17H18N4S/c1-20(2)16-8-4-3-6-14(16)13-22-17-19-10-11-21(17)15-7-5-9-18-12-15/h3-12H,13H2,1-2H3. The van der Waals surface area contributed by atoms with E-state index in [4.69, 9.17) is 0 Å². The molecule has 0 saturated heterocycles. The van der Waals surface area contributed by atoms with Crippen LogP contribution in [0.4, 0.5) is 5.69 Å². The van der Waals surface area contributed by atoms with Crippen LogP contribution < -0.4 is 4.90 Å². The van der Waals surface area contributed by atoms with Gasteiger partial charge in [0.05, 0.1) is 11.9 Å². The van der Waals surface area contributed by atoms with E-state index in [-0.39, 0.29) is 0 Å². The summed E-state index contributed by atoms with van der Waals surface area (Å²) in [6, 6.07) is 12.4. The van der Waals surface area contributed by atoms with Gasteiger partial charge in [-0.2, -0.15) is 0 Å². The number of benzene rings is 1. The van der Waals surface area contributed by atoms with Gasteiger partial charge in [-0.25, -0.2) is 4.98 Å². The maximum absolute atomic E-state index is 4.47. The first-order chi connectivity index (χ1) is 10.8. The third-order valence-electron chi connectivity index (χ3n) is 3.36. The summed E-state index contributed by atoms with van der Waals surface area (Å²) in [5.41, 5.74) is 3.58. The van der Waals surface area contributed by atoms with Gasteiger partial charge in [-0.3, -0.25) is 9.55 Å².